The number of hydrogen-bond acceptors (Lipinski definition) is 0. The first-order valence-corrected chi connectivity index (χ1v) is 2.42. The van der Waals surface area contributed by atoms with Crippen LogP contribution in [0.3, 0.4) is 0 Å². The van der Waals surface area contributed by atoms with Crippen molar-refractivity contribution < 1.29 is 21.1 Å². The summed E-state index contributed by atoms with van der Waals surface area (Å²) in [5, 5.41) is 0. The van der Waals surface area contributed by atoms with Crippen molar-refractivity contribution in [3.05, 3.63) is 53.5 Å². The average Bonchev–Trinajstić information content (AvgIpc) is 2.23. The van der Waals surface area contributed by atoms with Gasteiger partial charge in [-0.25, -0.2) is 12.2 Å². The van der Waals surface area contributed by atoms with E-state index in [0.29, 0.717) is 0 Å². The van der Waals surface area contributed by atoms with E-state index in [1.165, 1.54) is 0 Å². The summed E-state index contributed by atoms with van der Waals surface area (Å²) in [7, 11) is 0. The molecule has 11 heavy (non-hydrogen) atoms. The molecule has 0 aliphatic heterocycles. The molecule has 1 rings (SSSR count). The van der Waals surface area contributed by atoms with Gasteiger partial charge in [-0.3, -0.25) is 6.08 Å². The molecule has 1 aliphatic carbocycles. The van der Waals surface area contributed by atoms with Crippen LogP contribution in [0.1, 0.15) is 13.3 Å². The quantitative estimate of drug-likeness (QED) is 0.599. The summed E-state index contributed by atoms with van der Waals surface area (Å²) in [6, 6.07) is 0. The second-order valence-corrected chi connectivity index (χ2v) is 1.00. The summed E-state index contributed by atoms with van der Waals surface area (Å²) in [5.41, 5.74) is 0. The Kier molecular flexibility index (Phi) is 88.3. The van der Waals surface area contributed by atoms with Gasteiger partial charge in [0.2, 0.25) is 0 Å². The zero-order valence-corrected chi connectivity index (χ0v) is 11.0. The number of allylic oxidation sites excluding steroid dienone is 4. The van der Waals surface area contributed by atoms with Gasteiger partial charge < -0.3 is 29.2 Å². The van der Waals surface area contributed by atoms with Gasteiger partial charge in [0.25, 0.3) is 0 Å². The van der Waals surface area contributed by atoms with E-state index in [1.807, 2.05) is 12.2 Å². The molecule has 0 heterocycles. The molecule has 0 amide bonds. The minimum Gasteiger partial charge on any atom is -0.358 e. The van der Waals surface area contributed by atoms with Crippen molar-refractivity contribution in [3.8, 4) is 0 Å². The molecule has 70 valence electrons. The fourth-order valence-electron chi connectivity index (χ4n) is 0.340. The van der Waals surface area contributed by atoms with E-state index in [-0.39, 0.29) is 43.3 Å². The second kappa shape index (κ2) is 32.0. The third-order valence-electron chi connectivity index (χ3n) is 0.586. The molecule has 1 aliphatic rings. The van der Waals surface area contributed by atoms with Crippen LogP contribution in [0, 0.1) is 35.3 Å². The molecule has 0 saturated heterocycles. The predicted molar refractivity (Wildman–Crippen MR) is 51.8 cm³/mol. The maximum absolute atomic E-state index is 3.25. The summed E-state index contributed by atoms with van der Waals surface area (Å²) in [5.74, 6) is 0. The van der Waals surface area contributed by atoms with E-state index in [4.69, 9.17) is 0 Å². The van der Waals surface area contributed by atoms with Crippen molar-refractivity contribution in [2.24, 2.45) is 0 Å². The van der Waals surface area contributed by atoms with Crippen LogP contribution in [-0.2, 0) is 21.1 Å². The molecule has 0 nitrogen and oxygen atoms in total. The molecule has 0 aromatic heterocycles. The Morgan fingerprint density at radius 1 is 1.18 bits per heavy atom. The van der Waals surface area contributed by atoms with Gasteiger partial charge in [0.1, 0.15) is 0 Å². The van der Waals surface area contributed by atoms with Crippen LogP contribution < -0.4 is 0 Å². The summed E-state index contributed by atoms with van der Waals surface area (Å²) in [6.07, 6.45) is 10.0. The van der Waals surface area contributed by atoms with E-state index < -0.39 is 0 Å². The van der Waals surface area contributed by atoms with Gasteiger partial charge in [-0.15, -0.1) is 6.42 Å². The van der Waals surface area contributed by atoms with Crippen molar-refractivity contribution in [3.63, 3.8) is 0 Å². The summed E-state index contributed by atoms with van der Waals surface area (Å²) in [4.78, 5) is 0. The Bertz CT molecular complexity index is 62.9. The largest absolute Gasteiger partial charge is 0.358 e. The molecule has 0 saturated carbocycles. The SMILES string of the molecule is [C-]1=CC=CC1.[CH2-]C.[CH3-].[CH3-].[CH3-].[W]. The van der Waals surface area contributed by atoms with Crippen molar-refractivity contribution in [2.45, 2.75) is 13.3 Å². The Hall–Kier alpha value is 0.168. The maximum Gasteiger partial charge on any atom is 0 e. The van der Waals surface area contributed by atoms with Gasteiger partial charge in [0.15, 0.2) is 0 Å². The molecular weight excluding hydrogens is 304 g/mol. The van der Waals surface area contributed by atoms with Crippen molar-refractivity contribution >= 4 is 0 Å². The van der Waals surface area contributed by atoms with Crippen LogP contribution in [-0.4, -0.2) is 0 Å². The maximum atomic E-state index is 3.25. The molecule has 0 fully saturated rings. The third kappa shape index (κ3) is 25.4. The van der Waals surface area contributed by atoms with Crippen molar-refractivity contribution in [1.29, 1.82) is 0 Å². The second-order valence-electron chi connectivity index (χ2n) is 1.00. The van der Waals surface area contributed by atoms with Crippen LogP contribution in [0.15, 0.2) is 18.2 Å². The fourth-order valence-corrected chi connectivity index (χ4v) is 0.340. The zero-order valence-electron chi connectivity index (χ0n) is 8.05. The van der Waals surface area contributed by atoms with E-state index in [0.717, 1.165) is 6.42 Å². The van der Waals surface area contributed by atoms with E-state index in [1.54, 1.807) is 6.92 Å². The van der Waals surface area contributed by atoms with E-state index >= 15 is 0 Å². The summed E-state index contributed by atoms with van der Waals surface area (Å²) >= 11 is 0. The average molecular weight is 323 g/mol. The van der Waals surface area contributed by atoms with Crippen molar-refractivity contribution in [2.75, 3.05) is 0 Å². The van der Waals surface area contributed by atoms with Crippen LogP contribution >= 0.6 is 0 Å². The molecule has 0 aromatic rings. The standard InChI is InChI=1S/C5H5.C2H5.3CH3.W/c1-2-4-5-3-1;1-2;;;;/h1-3H,4H2;1H2,2H3;3*1H3;/q5*-1;. The van der Waals surface area contributed by atoms with Gasteiger partial charge >= 0.3 is 0 Å². The summed E-state index contributed by atoms with van der Waals surface area (Å²) < 4.78 is 0. The van der Waals surface area contributed by atoms with Gasteiger partial charge in [0.05, 0.1) is 0 Å². The third-order valence-corrected chi connectivity index (χ3v) is 0.586. The van der Waals surface area contributed by atoms with E-state index in [9.17, 15) is 0 Å². The molecule has 0 unspecified atom stereocenters. The Labute approximate surface area is 88.1 Å². The first kappa shape index (κ1) is 30.3. The topological polar surface area (TPSA) is 0 Å². The van der Waals surface area contributed by atoms with Crippen LogP contribution in [0.2, 0.25) is 0 Å². The van der Waals surface area contributed by atoms with E-state index in [2.05, 4.69) is 19.1 Å². The molecule has 0 aromatic carbocycles. The molecule has 0 radical (unpaired) electrons. The first-order valence-electron chi connectivity index (χ1n) is 2.42. The van der Waals surface area contributed by atoms with Gasteiger partial charge in [-0.1, -0.05) is 0 Å². The minimum atomic E-state index is 0. The molecule has 0 atom stereocenters. The van der Waals surface area contributed by atoms with Gasteiger partial charge in [0, 0.05) is 21.1 Å². The number of hydrogen-bond donors (Lipinski definition) is 0. The molecule has 0 N–H and O–H groups in total. The molecular formula is C10H19W-5. The summed E-state index contributed by atoms with van der Waals surface area (Å²) in [6.45, 7) is 5.00. The monoisotopic (exact) mass is 323 g/mol. The van der Waals surface area contributed by atoms with Gasteiger partial charge in [-0.2, -0.15) is 13.0 Å². The van der Waals surface area contributed by atoms with Crippen molar-refractivity contribution in [1.82, 2.24) is 0 Å². The minimum absolute atomic E-state index is 0. The Balaban J connectivity index is -0.0000000189. The van der Waals surface area contributed by atoms with Gasteiger partial charge in [-0.05, 0) is 0 Å². The first-order chi connectivity index (χ1) is 3.50. The Morgan fingerprint density at radius 3 is 1.73 bits per heavy atom. The van der Waals surface area contributed by atoms with Crippen LogP contribution in [0.4, 0.5) is 0 Å². The fraction of sp³-hybridized carbons (Fsp3) is 0.200. The molecule has 0 bridgehead atoms. The predicted octanol–water partition coefficient (Wildman–Crippen LogP) is 3.49. The normalized spacial score (nSPS) is 8.55. The van der Waals surface area contributed by atoms with Crippen LogP contribution in [0.25, 0.3) is 0 Å². The van der Waals surface area contributed by atoms with Crippen LogP contribution in [0.5, 0.6) is 0 Å². The number of rotatable bonds is 0. The molecule has 1 heteroatoms. The Morgan fingerprint density at radius 2 is 1.64 bits per heavy atom. The molecule has 0 spiro atoms. The zero-order chi connectivity index (χ0) is 5.54. The smallest absolute Gasteiger partial charge is 0 e.